The van der Waals surface area contributed by atoms with Crippen molar-refractivity contribution < 1.29 is 4.74 Å². The van der Waals surface area contributed by atoms with E-state index in [9.17, 15) is 0 Å². The fourth-order valence-electron chi connectivity index (χ4n) is 2.93. The zero-order valence-electron chi connectivity index (χ0n) is 10.3. The molecule has 0 bridgehead atoms. The van der Waals surface area contributed by atoms with Gasteiger partial charge < -0.3 is 10.5 Å². The van der Waals surface area contributed by atoms with Crippen LogP contribution in [0.1, 0.15) is 29.8 Å². The van der Waals surface area contributed by atoms with E-state index in [-0.39, 0.29) is 5.54 Å². The van der Waals surface area contributed by atoms with Gasteiger partial charge in [0.25, 0.3) is 0 Å². The second kappa shape index (κ2) is 4.35. The average Bonchev–Trinajstić information content (AvgIpc) is 2.92. The molecular weight excluding hydrogens is 232 g/mol. The summed E-state index contributed by atoms with van der Waals surface area (Å²) in [5.74, 6) is 0. The molecule has 0 spiro atoms. The minimum absolute atomic E-state index is 0.123. The van der Waals surface area contributed by atoms with Crippen LogP contribution < -0.4 is 5.73 Å². The van der Waals surface area contributed by atoms with Crippen LogP contribution in [0.2, 0.25) is 0 Å². The first-order valence-electron chi connectivity index (χ1n) is 6.35. The molecule has 0 aliphatic carbocycles. The fraction of sp³-hybridized carbons (Fsp3) is 0.692. The number of hydrogen-bond acceptors (Lipinski definition) is 4. The van der Waals surface area contributed by atoms with E-state index in [1.54, 1.807) is 4.88 Å². The smallest absolute Gasteiger partial charge is 0.0659 e. The van der Waals surface area contributed by atoms with E-state index in [1.807, 2.05) is 11.3 Å². The van der Waals surface area contributed by atoms with Crippen LogP contribution in [-0.2, 0) is 11.2 Å². The van der Waals surface area contributed by atoms with Gasteiger partial charge in [0.2, 0.25) is 0 Å². The molecule has 2 N–H and O–H groups in total. The summed E-state index contributed by atoms with van der Waals surface area (Å²) >= 11 is 1.89. The summed E-state index contributed by atoms with van der Waals surface area (Å²) in [6, 6.07) is 2.77. The van der Waals surface area contributed by atoms with Gasteiger partial charge in [0.15, 0.2) is 0 Å². The molecule has 2 aliphatic rings. The molecule has 1 saturated heterocycles. The Morgan fingerprint density at radius 3 is 3.29 bits per heavy atom. The largest absolute Gasteiger partial charge is 0.379 e. The minimum Gasteiger partial charge on any atom is -0.379 e. The number of hydrogen-bond donors (Lipinski definition) is 1. The number of nitrogens with two attached hydrogens (primary N) is 1. The molecule has 3 rings (SSSR count). The Labute approximate surface area is 107 Å². The van der Waals surface area contributed by atoms with E-state index in [0.717, 1.165) is 26.1 Å². The third-order valence-corrected chi connectivity index (χ3v) is 5.05. The first kappa shape index (κ1) is 11.7. The third-order valence-electron chi connectivity index (χ3n) is 4.06. The molecular formula is C13H20N2OS. The molecule has 3 nitrogen and oxygen atoms in total. The second-order valence-electron chi connectivity index (χ2n) is 5.36. The molecule has 94 valence electrons. The lowest BCUT2D eigenvalue weighted by molar-refractivity contribution is 0.128. The van der Waals surface area contributed by atoms with Crippen LogP contribution in [0.3, 0.4) is 0 Å². The third kappa shape index (κ3) is 2.15. The summed E-state index contributed by atoms with van der Waals surface area (Å²) in [6.45, 7) is 5.93. The van der Waals surface area contributed by atoms with Crippen LogP contribution in [0.15, 0.2) is 11.4 Å². The summed E-state index contributed by atoms with van der Waals surface area (Å²) in [6.07, 6.45) is 2.17. The molecule has 1 fully saturated rings. The Hall–Kier alpha value is -0.420. The monoisotopic (exact) mass is 252 g/mol. The molecule has 1 aromatic rings. The van der Waals surface area contributed by atoms with Crippen molar-refractivity contribution >= 4 is 11.3 Å². The van der Waals surface area contributed by atoms with Crippen molar-refractivity contribution in [2.45, 2.75) is 31.3 Å². The lowest BCUT2D eigenvalue weighted by Crippen LogP contribution is -2.52. The van der Waals surface area contributed by atoms with Gasteiger partial charge in [-0.05, 0) is 36.8 Å². The molecule has 2 atom stereocenters. The van der Waals surface area contributed by atoms with Crippen LogP contribution in [0, 0.1) is 0 Å². The minimum atomic E-state index is -0.123. The summed E-state index contributed by atoms with van der Waals surface area (Å²) in [7, 11) is 0. The van der Waals surface area contributed by atoms with Crippen LogP contribution in [0.5, 0.6) is 0 Å². The Balaban J connectivity index is 1.73. The Kier molecular flexibility index (Phi) is 2.99. The number of ether oxygens (including phenoxy) is 1. The van der Waals surface area contributed by atoms with Crippen molar-refractivity contribution in [3.63, 3.8) is 0 Å². The highest BCUT2D eigenvalue weighted by molar-refractivity contribution is 7.10. The summed E-state index contributed by atoms with van der Waals surface area (Å²) < 4.78 is 5.44. The molecule has 0 saturated carbocycles. The molecule has 3 heterocycles. The Morgan fingerprint density at radius 2 is 2.53 bits per heavy atom. The van der Waals surface area contributed by atoms with Crippen molar-refractivity contribution in [1.82, 2.24) is 4.90 Å². The molecule has 0 radical (unpaired) electrons. The molecule has 2 unspecified atom stereocenters. The van der Waals surface area contributed by atoms with Gasteiger partial charge in [-0.1, -0.05) is 0 Å². The van der Waals surface area contributed by atoms with Gasteiger partial charge >= 0.3 is 0 Å². The van der Waals surface area contributed by atoms with Crippen LogP contribution >= 0.6 is 11.3 Å². The van der Waals surface area contributed by atoms with Crippen LogP contribution in [0.4, 0.5) is 0 Å². The highest BCUT2D eigenvalue weighted by atomic mass is 32.1. The van der Waals surface area contributed by atoms with Crippen LogP contribution in [0.25, 0.3) is 0 Å². The lowest BCUT2D eigenvalue weighted by Gasteiger charge is -2.38. The lowest BCUT2D eigenvalue weighted by atomic mass is 9.95. The molecule has 17 heavy (non-hydrogen) atoms. The summed E-state index contributed by atoms with van der Waals surface area (Å²) in [4.78, 5) is 4.08. The van der Waals surface area contributed by atoms with Crippen molar-refractivity contribution in [2.75, 3.05) is 26.3 Å². The zero-order valence-corrected chi connectivity index (χ0v) is 11.1. The van der Waals surface area contributed by atoms with Crippen LogP contribution in [-0.4, -0.2) is 36.7 Å². The Morgan fingerprint density at radius 1 is 1.65 bits per heavy atom. The van der Waals surface area contributed by atoms with Crippen molar-refractivity contribution in [3.8, 4) is 0 Å². The van der Waals surface area contributed by atoms with Gasteiger partial charge in [0.05, 0.1) is 12.1 Å². The van der Waals surface area contributed by atoms with Gasteiger partial charge in [-0.3, -0.25) is 4.90 Å². The maximum absolute atomic E-state index is 6.38. The standard InChI is InChI=1S/C13H20N2OS/c1-10-11-3-7-17-12(11)2-5-15(10)8-13(14)4-6-16-9-13/h3,7,10H,2,4-6,8-9,14H2,1H3. The first-order chi connectivity index (χ1) is 8.18. The van der Waals surface area contributed by atoms with Crippen molar-refractivity contribution in [3.05, 3.63) is 21.9 Å². The van der Waals surface area contributed by atoms with Gasteiger partial charge in [0, 0.05) is 30.6 Å². The molecule has 1 aromatic heterocycles. The maximum Gasteiger partial charge on any atom is 0.0659 e. The van der Waals surface area contributed by atoms with E-state index in [0.29, 0.717) is 12.6 Å². The van der Waals surface area contributed by atoms with Gasteiger partial charge in [0.1, 0.15) is 0 Å². The maximum atomic E-state index is 6.38. The SMILES string of the molecule is CC1c2ccsc2CCN1CC1(N)CCOC1. The predicted molar refractivity (Wildman–Crippen MR) is 70.4 cm³/mol. The van der Waals surface area contributed by atoms with E-state index >= 15 is 0 Å². The number of rotatable bonds is 2. The summed E-state index contributed by atoms with van der Waals surface area (Å²) in [5, 5.41) is 2.21. The average molecular weight is 252 g/mol. The van der Waals surface area contributed by atoms with Crippen molar-refractivity contribution in [2.24, 2.45) is 5.73 Å². The highest BCUT2D eigenvalue weighted by Crippen LogP contribution is 2.34. The second-order valence-corrected chi connectivity index (χ2v) is 6.36. The zero-order chi connectivity index (χ0) is 11.9. The molecule has 0 amide bonds. The van der Waals surface area contributed by atoms with Gasteiger partial charge in [-0.15, -0.1) is 11.3 Å². The summed E-state index contributed by atoms with van der Waals surface area (Å²) in [5.41, 5.74) is 7.76. The molecule has 4 heteroatoms. The fourth-order valence-corrected chi connectivity index (χ4v) is 3.89. The van der Waals surface area contributed by atoms with E-state index in [1.165, 1.54) is 12.0 Å². The number of thiophene rings is 1. The number of nitrogens with zero attached hydrogens (tertiary/aromatic N) is 1. The van der Waals surface area contributed by atoms with E-state index in [2.05, 4.69) is 23.3 Å². The topological polar surface area (TPSA) is 38.5 Å². The first-order valence-corrected chi connectivity index (χ1v) is 7.23. The van der Waals surface area contributed by atoms with E-state index < -0.39 is 0 Å². The quantitative estimate of drug-likeness (QED) is 0.872. The number of fused-ring (bicyclic) bond motifs is 1. The van der Waals surface area contributed by atoms with Gasteiger partial charge in [-0.2, -0.15) is 0 Å². The van der Waals surface area contributed by atoms with E-state index in [4.69, 9.17) is 10.5 Å². The van der Waals surface area contributed by atoms with Crippen molar-refractivity contribution in [1.29, 1.82) is 0 Å². The molecule has 2 aliphatic heterocycles. The van der Waals surface area contributed by atoms with Gasteiger partial charge in [-0.25, -0.2) is 0 Å². The Bertz CT molecular complexity index is 398. The normalized spacial score (nSPS) is 33.9. The molecule has 0 aromatic carbocycles. The highest BCUT2D eigenvalue weighted by Gasteiger charge is 2.35. The predicted octanol–water partition coefficient (Wildman–Crippen LogP) is 1.79.